The molecule has 0 aliphatic heterocycles. The highest BCUT2D eigenvalue weighted by atomic mass is 32.2. The zero-order chi connectivity index (χ0) is 13.1. The van der Waals surface area contributed by atoms with Gasteiger partial charge in [0.2, 0.25) is 0 Å². The second-order valence-electron chi connectivity index (χ2n) is 3.74. The van der Waals surface area contributed by atoms with Crippen molar-refractivity contribution in [2.24, 2.45) is 0 Å². The van der Waals surface area contributed by atoms with Crippen molar-refractivity contribution in [1.29, 1.82) is 0 Å². The summed E-state index contributed by atoms with van der Waals surface area (Å²) in [5.74, 6) is 0.184. The Balaban J connectivity index is 2.59. The van der Waals surface area contributed by atoms with Gasteiger partial charge in [-0.25, -0.2) is 9.59 Å². The molecule has 1 aromatic carbocycles. The van der Waals surface area contributed by atoms with Gasteiger partial charge in [-0.3, -0.25) is 0 Å². The van der Waals surface area contributed by atoms with Crippen LogP contribution in [-0.4, -0.2) is 19.3 Å². The maximum Gasteiger partial charge on any atom is 0.351 e. The van der Waals surface area contributed by atoms with E-state index >= 15 is 0 Å². The molecular formula is C13H12O4S. The van der Waals surface area contributed by atoms with Crippen LogP contribution in [0.3, 0.4) is 0 Å². The van der Waals surface area contributed by atoms with E-state index in [1.54, 1.807) is 17.8 Å². The van der Waals surface area contributed by atoms with Crippen LogP contribution in [0.5, 0.6) is 0 Å². The van der Waals surface area contributed by atoms with Gasteiger partial charge in [0.1, 0.15) is 11.1 Å². The first-order valence-electron chi connectivity index (χ1n) is 5.29. The van der Waals surface area contributed by atoms with E-state index in [-0.39, 0.29) is 5.56 Å². The lowest BCUT2D eigenvalue weighted by Crippen LogP contribution is -2.14. The number of hydrogen-bond acceptors (Lipinski definition) is 5. The van der Waals surface area contributed by atoms with Crippen molar-refractivity contribution in [1.82, 2.24) is 0 Å². The number of thioether (sulfide) groups is 1. The molecule has 94 valence electrons. The number of esters is 1. The molecule has 0 atom stereocenters. The van der Waals surface area contributed by atoms with Crippen LogP contribution in [0.15, 0.2) is 33.5 Å². The summed E-state index contributed by atoms with van der Waals surface area (Å²) < 4.78 is 9.63. The van der Waals surface area contributed by atoms with E-state index in [0.717, 1.165) is 16.7 Å². The van der Waals surface area contributed by atoms with Crippen LogP contribution in [0, 0.1) is 0 Å². The van der Waals surface area contributed by atoms with Crippen LogP contribution >= 0.6 is 11.8 Å². The molecule has 0 radical (unpaired) electrons. The molecule has 0 spiro atoms. The average Bonchev–Trinajstić information content (AvgIpc) is 2.38. The summed E-state index contributed by atoms with van der Waals surface area (Å²) in [5.41, 5.74) is 0.829. The number of fused-ring (bicyclic) bond motifs is 1. The van der Waals surface area contributed by atoms with Gasteiger partial charge in [-0.1, -0.05) is 6.07 Å². The number of carbonyl (C=O) groups is 1. The van der Waals surface area contributed by atoms with Crippen LogP contribution in [0.2, 0.25) is 0 Å². The third kappa shape index (κ3) is 2.41. The highest BCUT2D eigenvalue weighted by Gasteiger charge is 2.13. The monoisotopic (exact) mass is 264 g/mol. The summed E-state index contributed by atoms with van der Waals surface area (Å²) >= 11 is 1.70. The van der Waals surface area contributed by atoms with Gasteiger partial charge in [0.15, 0.2) is 0 Å². The molecule has 0 amide bonds. The summed E-state index contributed by atoms with van der Waals surface area (Å²) in [6, 6.07) is 7.06. The Morgan fingerprint density at radius 1 is 1.39 bits per heavy atom. The minimum atomic E-state index is -0.680. The minimum Gasteiger partial charge on any atom is -0.465 e. The molecule has 18 heavy (non-hydrogen) atoms. The largest absolute Gasteiger partial charge is 0.465 e. The normalized spacial score (nSPS) is 10.6. The van der Waals surface area contributed by atoms with E-state index in [1.165, 1.54) is 13.2 Å². The first kappa shape index (κ1) is 12.7. The Labute approximate surface area is 108 Å². The number of carbonyl (C=O) groups excluding carboxylic acids is 1. The first-order chi connectivity index (χ1) is 8.65. The first-order valence-corrected chi connectivity index (χ1v) is 6.69. The maximum absolute atomic E-state index is 11.6. The van der Waals surface area contributed by atoms with E-state index in [9.17, 15) is 9.59 Å². The number of methoxy groups -OCH3 is 1. The van der Waals surface area contributed by atoms with Gasteiger partial charge in [-0.05, 0) is 30.0 Å². The summed E-state index contributed by atoms with van der Waals surface area (Å²) in [5, 5.41) is 0.724. The van der Waals surface area contributed by atoms with Gasteiger partial charge >= 0.3 is 11.6 Å². The van der Waals surface area contributed by atoms with E-state index in [4.69, 9.17) is 4.42 Å². The van der Waals surface area contributed by atoms with Crippen molar-refractivity contribution in [2.45, 2.75) is 5.75 Å². The molecule has 0 unspecified atom stereocenters. The van der Waals surface area contributed by atoms with Crippen LogP contribution in [-0.2, 0) is 10.5 Å². The van der Waals surface area contributed by atoms with E-state index < -0.39 is 11.6 Å². The lowest BCUT2D eigenvalue weighted by Gasteiger charge is -2.03. The van der Waals surface area contributed by atoms with Crippen LogP contribution < -0.4 is 5.63 Å². The smallest absolute Gasteiger partial charge is 0.351 e. The van der Waals surface area contributed by atoms with Crippen LogP contribution in [0.1, 0.15) is 15.9 Å². The molecule has 0 saturated heterocycles. The van der Waals surface area contributed by atoms with E-state index in [0.29, 0.717) is 5.58 Å². The Bertz CT molecular complexity index is 645. The second-order valence-corrected chi connectivity index (χ2v) is 4.61. The van der Waals surface area contributed by atoms with Gasteiger partial charge in [-0.2, -0.15) is 11.8 Å². The predicted octanol–water partition coefficient (Wildman–Crippen LogP) is 2.44. The zero-order valence-corrected chi connectivity index (χ0v) is 10.9. The maximum atomic E-state index is 11.6. The van der Waals surface area contributed by atoms with Crippen molar-refractivity contribution in [2.75, 3.05) is 13.4 Å². The molecule has 0 bridgehead atoms. The summed E-state index contributed by atoms with van der Waals surface area (Å²) in [6.45, 7) is 0. The molecule has 5 heteroatoms. The second kappa shape index (κ2) is 5.27. The number of ether oxygens (including phenoxy) is 1. The summed E-state index contributed by atoms with van der Waals surface area (Å²) in [6.07, 6.45) is 2.01. The fourth-order valence-corrected chi connectivity index (χ4v) is 2.19. The minimum absolute atomic E-state index is 0.0775. The quantitative estimate of drug-likeness (QED) is 0.629. The van der Waals surface area contributed by atoms with Gasteiger partial charge in [0.25, 0.3) is 0 Å². The highest BCUT2D eigenvalue weighted by Crippen LogP contribution is 2.18. The van der Waals surface area contributed by atoms with Crippen LogP contribution in [0.25, 0.3) is 11.0 Å². The van der Waals surface area contributed by atoms with Crippen molar-refractivity contribution in [3.8, 4) is 0 Å². The fourth-order valence-electron chi connectivity index (χ4n) is 1.68. The van der Waals surface area contributed by atoms with Gasteiger partial charge in [0, 0.05) is 11.1 Å². The molecule has 0 aliphatic carbocycles. The van der Waals surface area contributed by atoms with Gasteiger partial charge in [-0.15, -0.1) is 0 Å². The summed E-state index contributed by atoms with van der Waals surface area (Å²) in [4.78, 5) is 23.0. The zero-order valence-electron chi connectivity index (χ0n) is 10.1. The van der Waals surface area contributed by atoms with Crippen molar-refractivity contribution < 1.29 is 13.9 Å². The summed E-state index contributed by atoms with van der Waals surface area (Å²) in [7, 11) is 1.23. The molecule has 2 rings (SSSR count). The van der Waals surface area contributed by atoms with Crippen LogP contribution in [0.4, 0.5) is 0 Å². The lowest BCUT2D eigenvalue weighted by molar-refractivity contribution is 0.0596. The highest BCUT2D eigenvalue weighted by molar-refractivity contribution is 7.97. The van der Waals surface area contributed by atoms with Crippen molar-refractivity contribution in [3.63, 3.8) is 0 Å². The lowest BCUT2D eigenvalue weighted by atomic mass is 10.1. The average molecular weight is 264 g/mol. The molecule has 1 heterocycles. The predicted molar refractivity (Wildman–Crippen MR) is 71.0 cm³/mol. The Kier molecular flexibility index (Phi) is 3.72. The standard InChI is InChI=1S/C13H12O4S/c1-16-12(14)10-6-9-5-8(7-18-2)3-4-11(9)17-13(10)15/h3-6H,7H2,1-2H3. The molecule has 0 fully saturated rings. The molecule has 0 aliphatic rings. The molecule has 1 aromatic heterocycles. The molecule has 4 nitrogen and oxygen atoms in total. The number of rotatable bonds is 3. The third-order valence-electron chi connectivity index (χ3n) is 2.51. The van der Waals surface area contributed by atoms with E-state index in [2.05, 4.69) is 4.74 Å². The Hall–Kier alpha value is -1.75. The van der Waals surface area contributed by atoms with Crippen molar-refractivity contribution >= 4 is 28.7 Å². The Morgan fingerprint density at radius 2 is 2.17 bits per heavy atom. The number of benzene rings is 1. The molecule has 0 saturated carbocycles. The SMILES string of the molecule is COC(=O)c1cc2cc(CSC)ccc2oc1=O. The topological polar surface area (TPSA) is 56.5 Å². The third-order valence-corrected chi connectivity index (χ3v) is 3.13. The molecular weight excluding hydrogens is 252 g/mol. The molecule has 0 N–H and O–H groups in total. The van der Waals surface area contributed by atoms with Gasteiger partial charge < -0.3 is 9.15 Å². The van der Waals surface area contributed by atoms with Crippen molar-refractivity contribution in [3.05, 3.63) is 45.8 Å². The number of hydrogen-bond donors (Lipinski definition) is 0. The fraction of sp³-hybridized carbons (Fsp3) is 0.231. The van der Waals surface area contributed by atoms with Gasteiger partial charge in [0.05, 0.1) is 7.11 Å². The Morgan fingerprint density at radius 3 is 2.83 bits per heavy atom. The molecule has 2 aromatic rings. The van der Waals surface area contributed by atoms with E-state index in [1.807, 2.05) is 18.4 Å².